The van der Waals surface area contributed by atoms with Gasteiger partial charge in [-0.1, -0.05) is 12.1 Å². The standard InChI is InChI=1S/C20H12F4N2O/c21-15-4-1-12(7-17(15)23)10-25-14-3-6-20(27)19(9-14)26-11-13-2-5-16(22)18(24)8-13/h1-11,27H. The summed E-state index contributed by atoms with van der Waals surface area (Å²) in [5, 5.41) is 9.87. The van der Waals surface area contributed by atoms with Gasteiger partial charge in [0.1, 0.15) is 11.4 Å². The Morgan fingerprint density at radius 3 is 1.74 bits per heavy atom. The number of aromatic hydroxyl groups is 1. The van der Waals surface area contributed by atoms with Gasteiger partial charge in [0.25, 0.3) is 0 Å². The minimum Gasteiger partial charge on any atom is -0.506 e. The first kappa shape index (κ1) is 18.3. The molecular weight excluding hydrogens is 360 g/mol. The summed E-state index contributed by atoms with van der Waals surface area (Å²) in [6.45, 7) is 0. The van der Waals surface area contributed by atoms with Crippen LogP contribution in [-0.2, 0) is 0 Å². The molecule has 7 heteroatoms. The predicted octanol–water partition coefficient (Wildman–Crippen LogP) is 5.45. The van der Waals surface area contributed by atoms with Crippen molar-refractivity contribution < 1.29 is 22.7 Å². The van der Waals surface area contributed by atoms with Crippen LogP contribution in [0.25, 0.3) is 0 Å². The number of nitrogens with zero attached hydrogens (tertiary/aromatic N) is 2. The SMILES string of the molecule is Oc1ccc(N=Cc2ccc(F)c(F)c2)cc1N=Cc1ccc(F)c(F)c1. The van der Waals surface area contributed by atoms with E-state index in [0.717, 1.165) is 24.3 Å². The molecule has 0 aliphatic carbocycles. The third-order valence-electron chi connectivity index (χ3n) is 3.56. The molecule has 27 heavy (non-hydrogen) atoms. The molecule has 0 saturated heterocycles. The summed E-state index contributed by atoms with van der Waals surface area (Å²) in [5.41, 5.74) is 1.22. The third-order valence-corrected chi connectivity index (χ3v) is 3.56. The fraction of sp³-hybridized carbons (Fsp3) is 0. The normalized spacial score (nSPS) is 11.6. The maximum absolute atomic E-state index is 13.2. The maximum Gasteiger partial charge on any atom is 0.159 e. The average Bonchev–Trinajstić information content (AvgIpc) is 2.65. The minimum atomic E-state index is -1.01. The Kier molecular flexibility index (Phi) is 5.30. The molecule has 0 radical (unpaired) electrons. The van der Waals surface area contributed by atoms with Gasteiger partial charge in [0.2, 0.25) is 0 Å². The van der Waals surface area contributed by atoms with E-state index >= 15 is 0 Å². The van der Waals surface area contributed by atoms with Crippen LogP contribution in [0.3, 0.4) is 0 Å². The number of hydrogen-bond acceptors (Lipinski definition) is 3. The van der Waals surface area contributed by atoms with Gasteiger partial charge in [-0.05, 0) is 53.6 Å². The van der Waals surface area contributed by atoms with E-state index < -0.39 is 23.3 Å². The summed E-state index contributed by atoms with van der Waals surface area (Å²) < 4.78 is 52.3. The van der Waals surface area contributed by atoms with Crippen LogP contribution in [0.1, 0.15) is 11.1 Å². The molecule has 1 N–H and O–H groups in total. The van der Waals surface area contributed by atoms with Crippen LogP contribution in [-0.4, -0.2) is 17.5 Å². The molecule has 0 amide bonds. The molecule has 3 aromatic carbocycles. The van der Waals surface area contributed by atoms with E-state index in [0.29, 0.717) is 16.8 Å². The van der Waals surface area contributed by atoms with Crippen LogP contribution in [0, 0.1) is 23.3 Å². The number of phenols is 1. The molecular formula is C20H12F4N2O. The van der Waals surface area contributed by atoms with E-state index in [9.17, 15) is 22.7 Å². The Morgan fingerprint density at radius 1 is 0.630 bits per heavy atom. The monoisotopic (exact) mass is 372 g/mol. The van der Waals surface area contributed by atoms with Crippen molar-refractivity contribution in [2.75, 3.05) is 0 Å². The molecule has 0 bridgehead atoms. The van der Waals surface area contributed by atoms with Crippen LogP contribution < -0.4 is 0 Å². The van der Waals surface area contributed by atoms with E-state index in [1.807, 2.05) is 0 Å². The highest BCUT2D eigenvalue weighted by Crippen LogP contribution is 2.30. The second-order valence-corrected chi connectivity index (χ2v) is 5.54. The van der Waals surface area contributed by atoms with Crippen LogP contribution in [0.15, 0.2) is 64.6 Å². The zero-order valence-corrected chi connectivity index (χ0v) is 13.7. The van der Waals surface area contributed by atoms with E-state index in [-0.39, 0.29) is 11.4 Å². The Hall–Kier alpha value is -3.48. The highest BCUT2D eigenvalue weighted by molar-refractivity contribution is 5.84. The smallest absolute Gasteiger partial charge is 0.159 e. The molecule has 3 nitrogen and oxygen atoms in total. The average molecular weight is 372 g/mol. The molecule has 0 heterocycles. The molecule has 0 fully saturated rings. The van der Waals surface area contributed by atoms with Crippen LogP contribution in [0.2, 0.25) is 0 Å². The first-order valence-corrected chi connectivity index (χ1v) is 7.73. The molecule has 0 aromatic heterocycles. The largest absolute Gasteiger partial charge is 0.506 e. The topological polar surface area (TPSA) is 45.0 Å². The van der Waals surface area contributed by atoms with E-state index in [4.69, 9.17) is 0 Å². The quantitative estimate of drug-likeness (QED) is 0.480. The second kappa shape index (κ2) is 7.82. The fourth-order valence-electron chi connectivity index (χ4n) is 2.17. The molecule has 0 spiro atoms. The van der Waals surface area contributed by atoms with E-state index in [2.05, 4.69) is 9.98 Å². The van der Waals surface area contributed by atoms with Crippen molar-refractivity contribution in [2.24, 2.45) is 9.98 Å². The summed E-state index contributed by atoms with van der Waals surface area (Å²) in [4.78, 5) is 8.16. The first-order valence-electron chi connectivity index (χ1n) is 7.73. The number of hydrogen-bond donors (Lipinski definition) is 1. The molecule has 3 aromatic rings. The molecule has 0 unspecified atom stereocenters. The number of phenolic OH excluding ortho intramolecular Hbond substituents is 1. The second-order valence-electron chi connectivity index (χ2n) is 5.54. The van der Waals surface area contributed by atoms with Gasteiger partial charge >= 0.3 is 0 Å². The van der Waals surface area contributed by atoms with Gasteiger partial charge < -0.3 is 5.11 Å². The van der Waals surface area contributed by atoms with Crippen molar-refractivity contribution in [2.45, 2.75) is 0 Å². The van der Waals surface area contributed by atoms with E-state index in [1.54, 1.807) is 0 Å². The van der Waals surface area contributed by atoms with Crippen molar-refractivity contribution in [3.63, 3.8) is 0 Å². The molecule has 3 rings (SSSR count). The highest BCUT2D eigenvalue weighted by Gasteiger charge is 2.04. The Bertz CT molecular complexity index is 1050. The predicted molar refractivity (Wildman–Crippen MR) is 95.3 cm³/mol. The van der Waals surface area contributed by atoms with Crippen molar-refractivity contribution in [3.05, 3.63) is 89.0 Å². The van der Waals surface area contributed by atoms with Gasteiger partial charge in [0.15, 0.2) is 23.3 Å². The lowest BCUT2D eigenvalue weighted by atomic mass is 10.2. The lowest BCUT2D eigenvalue weighted by Gasteiger charge is -2.01. The van der Waals surface area contributed by atoms with Gasteiger partial charge in [0.05, 0.1) is 5.69 Å². The molecule has 136 valence electrons. The number of rotatable bonds is 4. The molecule has 0 saturated carbocycles. The molecule has 0 atom stereocenters. The summed E-state index contributed by atoms with van der Waals surface area (Å²) >= 11 is 0. The number of halogens is 4. The Morgan fingerprint density at radius 2 is 1.19 bits per heavy atom. The van der Waals surface area contributed by atoms with Gasteiger partial charge in [-0.15, -0.1) is 0 Å². The summed E-state index contributed by atoms with van der Waals surface area (Å²) in [7, 11) is 0. The van der Waals surface area contributed by atoms with Crippen molar-refractivity contribution in [1.82, 2.24) is 0 Å². The van der Waals surface area contributed by atoms with Crippen molar-refractivity contribution in [1.29, 1.82) is 0 Å². The van der Waals surface area contributed by atoms with Gasteiger partial charge in [0, 0.05) is 12.4 Å². The van der Waals surface area contributed by atoms with E-state index in [1.165, 1.54) is 42.8 Å². The van der Waals surface area contributed by atoms with Gasteiger partial charge in [-0.3, -0.25) is 9.98 Å². The Labute approximate surface area is 152 Å². The zero-order chi connectivity index (χ0) is 19.4. The summed E-state index contributed by atoms with van der Waals surface area (Å²) in [6.07, 6.45) is 2.60. The van der Waals surface area contributed by atoms with Crippen LogP contribution in [0.4, 0.5) is 28.9 Å². The summed E-state index contributed by atoms with van der Waals surface area (Å²) in [6, 6.07) is 10.9. The molecule has 0 aliphatic heterocycles. The van der Waals surface area contributed by atoms with Crippen molar-refractivity contribution in [3.8, 4) is 5.75 Å². The zero-order valence-electron chi connectivity index (χ0n) is 13.7. The minimum absolute atomic E-state index is 0.138. The van der Waals surface area contributed by atoms with Crippen LogP contribution >= 0.6 is 0 Å². The van der Waals surface area contributed by atoms with Gasteiger partial charge in [-0.25, -0.2) is 17.6 Å². The fourth-order valence-corrected chi connectivity index (χ4v) is 2.17. The lowest BCUT2D eigenvalue weighted by molar-refractivity contribution is 0.477. The number of benzene rings is 3. The molecule has 0 aliphatic rings. The van der Waals surface area contributed by atoms with Crippen molar-refractivity contribution >= 4 is 23.8 Å². The Balaban J connectivity index is 1.83. The lowest BCUT2D eigenvalue weighted by Crippen LogP contribution is -1.88. The first-order chi connectivity index (χ1) is 12.9. The van der Waals surface area contributed by atoms with Gasteiger partial charge in [-0.2, -0.15) is 0 Å². The highest BCUT2D eigenvalue weighted by atomic mass is 19.2. The summed E-state index contributed by atoms with van der Waals surface area (Å²) in [5.74, 6) is -4.05. The maximum atomic E-state index is 13.2. The number of aliphatic imine (C=N–C) groups is 2. The third kappa shape index (κ3) is 4.58. The van der Waals surface area contributed by atoms with Crippen LogP contribution in [0.5, 0.6) is 5.75 Å².